The van der Waals surface area contributed by atoms with Crippen molar-refractivity contribution in [1.82, 2.24) is 13.7 Å². The van der Waals surface area contributed by atoms with Crippen LogP contribution < -0.4 is 5.56 Å². The summed E-state index contributed by atoms with van der Waals surface area (Å²) in [6, 6.07) is 4.21. The third kappa shape index (κ3) is 4.13. The highest BCUT2D eigenvalue weighted by molar-refractivity contribution is 7.89. The summed E-state index contributed by atoms with van der Waals surface area (Å²) in [6.07, 6.45) is 0. The zero-order valence-corrected chi connectivity index (χ0v) is 18.2. The number of sulfonamides is 1. The Bertz CT molecular complexity index is 1260. The van der Waals surface area contributed by atoms with E-state index in [2.05, 4.69) is 4.98 Å². The van der Waals surface area contributed by atoms with Crippen molar-refractivity contribution in [2.45, 2.75) is 32.3 Å². The Balaban J connectivity index is 1.85. The second-order valence-corrected chi connectivity index (χ2v) is 9.16. The normalized spacial score (nSPS) is 11.9. The van der Waals surface area contributed by atoms with Crippen LogP contribution in [-0.4, -0.2) is 41.2 Å². The first-order valence-electron chi connectivity index (χ1n) is 9.12. The van der Waals surface area contributed by atoms with Gasteiger partial charge in [0.05, 0.1) is 16.2 Å². The Morgan fingerprint density at radius 3 is 2.63 bits per heavy atom. The topological polar surface area (TPSA) is 98.0 Å². The van der Waals surface area contributed by atoms with Gasteiger partial charge in [0, 0.05) is 30.2 Å². The van der Waals surface area contributed by atoms with Gasteiger partial charge in [0.15, 0.2) is 4.96 Å². The van der Waals surface area contributed by atoms with Crippen molar-refractivity contribution in [3.8, 4) is 0 Å². The number of fused-ring (bicyclic) bond motifs is 1. The molecule has 0 amide bonds. The summed E-state index contributed by atoms with van der Waals surface area (Å²) in [5.41, 5.74) is 0.128. The number of thiazole rings is 1. The van der Waals surface area contributed by atoms with E-state index in [-0.39, 0.29) is 35.8 Å². The molecule has 8 nitrogen and oxygen atoms in total. The second kappa shape index (κ2) is 8.62. The molecule has 3 aromatic rings. The lowest BCUT2D eigenvalue weighted by atomic mass is 10.2. The minimum absolute atomic E-state index is 0.202. The molecule has 0 saturated carbocycles. The average Bonchev–Trinajstić information content (AvgIpc) is 3.08. The van der Waals surface area contributed by atoms with E-state index in [0.29, 0.717) is 4.96 Å². The van der Waals surface area contributed by atoms with E-state index in [1.54, 1.807) is 26.2 Å². The Kier molecular flexibility index (Phi) is 6.34. The molecular weight excluding hydrogens is 433 g/mol. The molecule has 0 saturated heterocycles. The molecule has 0 aliphatic rings. The van der Waals surface area contributed by atoms with Crippen molar-refractivity contribution in [3.63, 3.8) is 0 Å². The summed E-state index contributed by atoms with van der Waals surface area (Å²) < 4.78 is 47.2. The van der Waals surface area contributed by atoms with Gasteiger partial charge in [-0.05, 0) is 25.1 Å². The fraction of sp³-hybridized carbons (Fsp3) is 0.316. The number of esters is 1. The number of aromatic nitrogens is 2. The van der Waals surface area contributed by atoms with E-state index in [0.717, 1.165) is 23.9 Å². The van der Waals surface area contributed by atoms with Crippen molar-refractivity contribution in [2.24, 2.45) is 0 Å². The molecule has 0 aliphatic heterocycles. The van der Waals surface area contributed by atoms with Crippen molar-refractivity contribution in [2.75, 3.05) is 13.1 Å². The number of halogens is 1. The molecule has 160 valence electrons. The zero-order valence-electron chi connectivity index (χ0n) is 16.6. The molecule has 0 N–H and O–H groups in total. The van der Waals surface area contributed by atoms with Crippen molar-refractivity contribution >= 4 is 32.3 Å². The monoisotopic (exact) mass is 453 g/mol. The van der Waals surface area contributed by atoms with Crippen molar-refractivity contribution in [3.05, 3.63) is 62.8 Å². The highest BCUT2D eigenvalue weighted by atomic mass is 32.2. The molecule has 11 heteroatoms. The zero-order chi connectivity index (χ0) is 22.1. The first-order valence-corrected chi connectivity index (χ1v) is 11.4. The standard InChI is InChI=1S/C19H20FN3O5S2/c1-4-22(5-2)30(26,27)14-6-7-16(20)15(9-14)18(25)28-10-13-8-17(24)23-12(3)11-29-19(23)21-13/h6-9,11H,4-5,10H2,1-3H3. The predicted octanol–water partition coefficient (Wildman–Crippen LogP) is 2.59. The van der Waals surface area contributed by atoms with E-state index in [4.69, 9.17) is 4.74 Å². The van der Waals surface area contributed by atoms with Crippen LogP contribution in [-0.2, 0) is 21.4 Å². The lowest BCUT2D eigenvalue weighted by Gasteiger charge is -2.18. The van der Waals surface area contributed by atoms with Gasteiger partial charge in [0.2, 0.25) is 10.0 Å². The summed E-state index contributed by atoms with van der Waals surface area (Å²) in [6.45, 7) is 5.26. The molecule has 2 heterocycles. The van der Waals surface area contributed by atoms with Crippen LogP contribution in [0.5, 0.6) is 0 Å². The molecule has 0 atom stereocenters. The Labute approximate surface area is 176 Å². The maximum absolute atomic E-state index is 14.2. The predicted molar refractivity (Wildman–Crippen MR) is 110 cm³/mol. The van der Waals surface area contributed by atoms with Gasteiger partial charge >= 0.3 is 5.97 Å². The lowest BCUT2D eigenvalue weighted by molar-refractivity contribution is 0.0462. The van der Waals surface area contributed by atoms with Gasteiger partial charge in [-0.1, -0.05) is 13.8 Å². The molecule has 0 aliphatic carbocycles. The summed E-state index contributed by atoms with van der Waals surface area (Å²) in [5.74, 6) is -1.95. The second-order valence-electron chi connectivity index (χ2n) is 6.39. The van der Waals surface area contributed by atoms with Gasteiger partial charge in [0.1, 0.15) is 12.4 Å². The lowest BCUT2D eigenvalue weighted by Crippen LogP contribution is -2.30. The number of carbonyl (C=O) groups is 1. The maximum atomic E-state index is 14.2. The molecule has 0 bridgehead atoms. The van der Waals surface area contributed by atoms with Crippen molar-refractivity contribution < 1.29 is 22.3 Å². The third-order valence-corrected chi connectivity index (χ3v) is 7.47. The van der Waals surface area contributed by atoms with E-state index >= 15 is 0 Å². The third-order valence-electron chi connectivity index (χ3n) is 4.48. The SMILES string of the molecule is CCN(CC)S(=O)(=O)c1ccc(F)c(C(=O)OCc2cc(=O)n3c(C)csc3n2)c1. The van der Waals surface area contributed by atoms with E-state index < -0.39 is 27.4 Å². The average molecular weight is 454 g/mol. The summed E-state index contributed by atoms with van der Waals surface area (Å²) in [5, 5.41) is 1.77. The highest BCUT2D eigenvalue weighted by Crippen LogP contribution is 2.20. The molecule has 30 heavy (non-hydrogen) atoms. The molecule has 0 spiro atoms. The van der Waals surface area contributed by atoms with E-state index in [1.807, 2.05) is 0 Å². The number of hydrogen-bond acceptors (Lipinski definition) is 7. The van der Waals surface area contributed by atoms with E-state index in [1.165, 1.54) is 26.1 Å². The van der Waals surface area contributed by atoms with Gasteiger partial charge in [-0.25, -0.2) is 22.6 Å². The van der Waals surface area contributed by atoms with Crippen molar-refractivity contribution in [1.29, 1.82) is 0 Å². The summed E-state index contributed by atoms with van der Waals surface area (Å²) >= 11 is 1.27. The van der Waals surface area contributed by atoms with Crippen LogP contribution in [0.25, 0.3) is 4.96 Å². The number of carbonyl (C=O) groups excluding carboxylic acids is 1. The number of benzene rings is 1. The summed E-state index contributed by atoms with van der Waals surface area (Å²) in [7, 11) is -3.86. The minimum Gasteiger partial charge on any atom is -0.455 e. The first-order chi connectivity index (χ1) is 14.2. The molecule has 0 radical (unpaired) electrons. The highest BCUT2D eigenvalue weighted by Gasteiger charge is 2.25. The number of nitrogens with zero attached hydrogens (tertiary/aromatic N) is 3. The Morgan fingerprint density at radius 2 is 1.97 bits per heavy atom. The fourth-order valence-corrected chi connectivity index (χ4v) is 5.30. The maximum Gasteiger partial charge on any atom is 0.341 e. The van der Waals surface area contributed by atoms with Crippen LogP contribution in [0.2, 0.25) is 0 Å². The minimum atomic E-state index is -3.86. The van der Waals surface area contributed by atoms with Gasteiger partial charge in [-0.2, -0.15) is 4.31 Å². The number of ether oxygens (including phenoxy) is 1. The van der Waals surface area contributed by atoms with Gasteiger partial charge < -0.3 is 4.74 Å². The Morgan fingerprint density at radius 1 is 1.27 bits per heavy atom. The molecule has 3 rings (SSSR count). The van der Waals surface area contributed by atoms with Crippen LogP contribution >= 0.6 is 11.3 Å². The van der Waals surface area contributed by atoms with Crippen LogP contribution in [0.15, 0.2) is 39.3 Å². The smallest absolute Gasteiger partial charge is 0.341 e. The quantitative estimate of drug-likeness (QED) is 0.510. The van der Waals surface area contributed by atoms with Crippen LogP contribution in [0, 0.1) is 12.7 Å². The largest absolute Gasteiger partial charge is 0.455 e. The fourth-order valence-electron chi connectivity index (χ4n) is 2.93. The number of aryl methyl sites for hydroxylation is 1. The molecule has 0 fully saturated rings. The number of hydrogen-bond donors (Lipinski definition) is 0. The Hall–Kier alpha value is -2.63. The molecule has 0 unspecified atom stereocenters. The molecule has 2 aromatic heterocycles. The first kappa shape index (κ1) is 22.1. The van der Waals surface area contributed by atoms with Crippen LogP contribution in [0.1, 0.15) is 35.6 Å². The van der Waals surface area contributed by atoms with E-state index in [9.17, 15) is 22.4 Å². The number of rotatable bonds is 7. The van der Waals surface area contributed by atoms with Crippen LogP contribution in [0.4, 0.5) is 4.39 Å². The summed E-state index contributed by atoms with van der Waals surface area (Å²) in [4.78, 5) is 29.1. The molecular formula is C19H20FN3O5S2. The van der Waals surface area contributed by atoms with Gasteiger partial charge in [0.25, 0.3) is 5.56 Å². The molecule has 1 aromatic carbocycles. The van der Waals surface area contributed by atoms with Crippen LogP contribution in [0.3, 0.4) is 0 Å². The van der Waals surface area contributed by atoms with Gasteiger partial charge in [-0.3, -0.25) is 9.20 Å². The van der Waals surface area contributed by atoms with Gasteiger partial charge in [-0.15, -0.1) is 11.3 Å².